The first-order valence-electron chi connectivity index (χ1n) is 7.88. The summed E-state index contributed by atoms with van der Waals surface area (Å²) in [5.41, 5.74) is 0. The third kappa shape index (κ3) is 4.20. The van der Waals surface area contributed by atoms with Crippen molar-refractivity contribution in [2.24, 2.45) is 11.8 Å². The molecule has 2 rings (SSSR count). The molecule has 2 amide bonds. The molecule has 0 aromatic heterocycles. The Bertz CT molecular complexity index is 340. The zero-order chi connectivity index (χ0) is 14.4. The van der Waals surface area contributed by atoms with Crippen LogP contribution in [-0.2, 0) is 9.59 Å². The van der Waals surface area contributed by atoms with Crippen molar-refractivity contribution in [3.8, 4) is 0 Å². The molecule has 1 aliphatic carbocycles. The standard InChI is InChI=1S/C15H26N2O3/c18-9-7-13(11-4-2-1-3-5-11)17-15(20)12-6-8-16-14(19)10-12/h11-13,18H,1-10H2,(H,16,19)(H,17,20). The van der Waals surface area contributed by atoms with E-state index >= 15 is 0 Å². The van der Waals surface area contributed by atoms with Crippen molar-refractivity contribution in [3.05, 3.63) is 0 Å². The summed E-state index contributed by atoms with van der Waals surface area (Å²) in [5, 5.41) is 15.1. The maximum atomic E-state index is 12.3. The van der Waals surface area contributed by atoms with Gasteiger partial charge in [0.1, 0.15) is 0 Å². The number of piperidine rings is 1. The van der Waals surface area contributed by atoms with Crippen LogP contribution in [0.2, 0.25) is 0 Å². The molecule has 0 bridgehead atoms. The second-order valence-corrected chi connectivity index (χ2v) is 6.07. The zero-order valence-electron chi connectivity index (χ0n) is 12.1. The minimum atomic E-state index is -0.200. The van der Waals surface area contributed by atoms with Gasteiger partial charge in [0, 0.05) is 31.5 Å². The van der Waals surface area contributed by atoms with Crippen LogP contribution in [0.4, 0.5) is 0 Å². The predicted molar refractivity (Wildman–Crippen MR) is 75.9 cm³/mol. The van der Waals surface area contributed by atoms with E-state index in [0.29, 0.717) is 31.7 Å². The Labute approximate surface area is 120 Å². The van der Waals surface area contributed by atoms with Crippen molar-refractivity contribution in [2.75, 3.05) is 13.2 Å². The number of hydrogen-bond donors (Lipinski definition) is 3. The van der Waals surface area contributed by atoms with Crippen molar-refractivity contribution in [2.45, 2.75) is 57.4 Å². The SMILES string of the molecule is O=C1CC(C(=O)NC(CCO)C2CCCCC2)CCN1. The molecule has 114 valence electrons. The quantitative estimate of drug-likeness (QED) is 0.703. The second kappa shape index (κ2) is 7.62. The minimum absolute atomic E-state index is 0.0103. The lowest BCUT2D eigenvalue weighted by molar-refractivity contribution is -0.133. The van der Waals surface area contributed by atoms with Crippen LogP contribution in [0.15, 0.2) is 0 Å². The van der Waals surface area contributed by atoms with Gasteiger partial charge in [0.05, 0.1) is 0 Å². The Hall–Kier alpha value is -1.10. The molecule has 5 nitrogen and oxygen atoms in total. The summed E-state index contributed by atoms with van der Waals surface area (Å²) in [6, 6.07) is 0.0674. The number of hydrogen-bond acceptors (Lipinski definition) is 3. The molecule has 1 aliphatic heterocycles. The van der Waals surface area contributed by atoms with Gasteiger partial charge in [-0.05, 0) is 31.6 Å². The summed E-state index contributed by atoms with van der Waals surface area (Å²) >= 11 is 0. The number of aliphatic hydroxyl groups is 1. The molecule has 2 aliphatic rings. The molecular formula is C15H26N2O3. The number of amides is 2. The van der Waals surface area contributed by atoms with Gasteiger partial charge in [0.15, 0.2) is 0 Å². The van der Waals surface area contributed by atoms with E-state index in [-0.39, 0.29) is 30.4 Å². The van der Waals surface area contributed by atoms with Gasteiger partial charge in [-0.3, -0.25) is 9.59 Å². The van der Waals surface area contributed by atoms with Gasteiger partial charge >= 0.3 is 0 Å². The van der Waals surface area contributed by atoms with Crippen LogP contribution in [0.3, 0.4) is 0 Å². The molecule has 20 heavy (non-hydrogen) atoms. The number of carbonyl (C=O) groups excluding carboxylic acids is 2. The summed E-state index contributed by atoms with van der Waals surface area (Å²) in [6.07, 6.45) is 7.61. The number of aliphatic hydroxyl groups excluding tert-OH is 1. The Balaban J connectivity index is 1.89. The van der Waals surface area contributed by atoms with Crippen LogP contribution in [0.25, 0.3) is 0 Å². The predicted octanol–water partition coefficient (Wildman–Crippen LogP) is 0.960. The fraction of sp³-hybridized carbons (Fsp3) is 0.867. The average molecular weight is 282 g/mol. The van der Waals surface area contributed by atoms with E-state index < -0.39 is 0 Å². The van der Waals surface area contributed by atoms with Gasteiger partial charge in [-0.25, -0.2) is 0 Å². The van der Waals surface area contributed by atoms with Gasteiger partial charge in [-0.15, -0.1) is 0 Å². The monoisotopic (exact) mass is 282 g/mol. The van der Waals surface area contributed by atoms with Gasteiger partial charge in [-0.2, -0.15) is 0 Å². The Morgan fingerprint density at radius 2 is 2.05 bits per heavy atom. The Morgan fingerprint density at radius 1 is 1.30 bits per heavy atom. The van der Waals surface area contributed by atoms with E-state index in [9.17, 15) is 14.7 Å². The fourth-order valence-corrected chi connectivity index (χ4v) is 3.41. The van der Waals surface area contributed by atoms with Crippen LogP contribution in [0.1, 0.15) is 51.4 Å². The van der Waals surface area contributed by atoms with E-state index in [1.165, 1.54) is 19.3 Å². The highest BCUT2D eigenvalue weighted by molar-refractivity contribution is 5.87. The van der Waals surface area contributed by atoms with Crippen molar-refractivity contribution >= 4 is 11.8 Å². The van der Waals surface area contributed by atoms with Gasteiger partial charge in [-0.1, -0.05) is 19.3 Å². The summed E-state index contributed by atoms with van der Waals surface area (Å²) in [6.45, 7) is 0.692. The molecule has 0 spiro atoms. The Kier molecular flexibility index (Phi) is 5.83. The van der Waals surface area contributed by atoms with Crippen molar-refractivity contribution in [1.29, 1.82) is 0 Å². The first kappa shape index (κ1) is 15.3. The highest BCUT2D eigenvalue weighted by Crippen LogP contribution is 2.28. The summed E-state index contributed by atoms with van der Waals surface area (Å²) in [7, 11) is 0. The smallest absolute Gasteiger partial charge is 0.223 e. The molecule has 0 radical (unpaired) electrons. The maximum absolute atomic E-state index is 12.3. The first-order valence-corrected chi connectivity index (χ1v) is 7.88. The van der Waals surface area contributed by atoms with Gasteiger partial charge in [0.2, 0.25) is 11.8 Å². The largest absolute Gasteiger partial charge is 0.396 e. The van der Waals surface area contributed by atoms with Crippen LogP contribution in [0.5, 0.6) is 0 Å². The highest BCUT2D eigenvalue weighted by atomic mass is 16.3. The van der Waals surface area contributed by atoms with E-state index in [2.05, 4.69) is 10.6 Å². The second-order valence-electron chi connectivity index (χ2n) is 6.07. The summed E-state index contributed by atoms with van der Waals surface area (Å²) < 4.78 is 0. The van der Waals surface area contributed by atoms with Gasteiger partial charge in [0.25, 0.3) is 0 Å². The van der Waals surface area contributed by atoms with E-state index in [4.69, 9.17) is 0 Å². The molecule has 1 saturated heterocycles. The van der Waals surface area contributed by atoms with Crippen LogP contribution >= 0.6 is 0 Å². The van der Waals surface area contributed by atoms with Crippen molar-refractivity contribution in [1.82, 2.24) is 10.6 Å². The topological polar surface area (TPSA) is 78.4 Å². The van der Waals surface area contributed by atoms with Crippen LogP contribution < -0.4 is 10.6 Å². The average Bonchev–Trinajstić information content (AvgIpc) is 2.47. The molecule has 2 fully saturated rings. The lowest BCUT2D eigenvalue weighted by Gasteiger charge is -2.32. The number of nitrogens with one attached hydrogen (secondary N) is 2. The lowest BCUT2D eigenvalue weighted by atomic mass is 9.82. The van der Waals surface area contributed by atoms with Crippen molar-refractivity contribution in [3.63, 3.8) is 0 Å². The molecule has 2 unspecified atom stereocenters. The molecule has 5 heteroatoms. The van der Waals surface area contributed by atoms with Crippen LogP contribution in [-0.4, -0.2) is 36.1 Å². The molecule has 2 atom stereocenters. The molecule has 1 heterocycles. The molecule has 0 aromatic rings. The Morgan fingerprint density at radius 3 is 2.70 bits per heavy atom. The molecule has 0 aromatic carbocycles. The zero-order valence-corrected chi connectivity index (χ0v) is 12.1. The molecular weight excluding hydrogens is 256 g/mol. The highest BCUT2D eigenvalue weighted by Gasteiger charge is 2.30. The summed E-state index contributed by atoms with van der Waals surface area (Å²) in [5.74, 6) is 0.238. The van der Waals surface area contributed by atoms with Gasteiger partial charge < -0.3 is 15.7 Å². The van der Waals surface area contributed by atoms with Crippen LogP contribution in [0, 0.1) is 11.8 Å². The number of carbonyl (C=O) groups is 2. The summed E-state index contributed by atoms with van der Waals surface area (Å²) in [4.78, 5) is 23.7. The fourth-order valence-electron chi connectivity index (χ4n) is 3.41. The minimum Gasteiger partial charge on any atom is -0.396 e. The maximum Gasteiger partial charge on any atom is 0.223 e. The third-order valence-corrected chi connectivity index (χ3v) is 4.60. The number of rotatable bonds is 5. The first-order chi connectivity index (χ1) is 9.70. The van der Waals surface area contributed by atoms with E-state index in [1.807, 2.05) is 0 Å². The lowest BCUT2D eigenvalue weighted by Crippen LogP contribution is -2.47. The van der Waals surface area contributed by atoms with E-state index in [1.54, 1.807) is 0 Å². The molecule has 3 N–H and O–H groups in total. The normalized spacial score (nSPS) is 25.9. The van der Waals surface area contributed by atoms with E-state index in [0.717, 1.165) is 12.8 Å². The molecule has 1 saturated carbocycles. The van der Waals surface area contributed by atoms with Crippen molar-refractivity contribution < 1.29 is 14.7 Å². The third-order valence-electron chi connectivity index (χ3n) is 4.60.